The minimum absolute atomic E-state index is 0.229. The Morgan fingerprint density at radius 1 is 1.43 bits per heavy atom. The molecule has 1 fully saturated rings. The second-order valence-corrected chi connectivity index (χ2v) is 6.94. The van der Waals surface area contributed by atoms with E-state index in [4.69, 9.17) is 4.74 Å². The molecule has 0 saturated heterocycles. The number of aromatic nitrogens is 1. The normalized spacial score (nSPS) is 15.1. The van der Waals surface area contributed by atoms with Crippen molar-refractivity contribution < 1.29 is 13.2 Å². The molecule has 0 amide bonds. The first-order valence-electron chi connectivity index (χ1n) is 7.39. The van der Waals surface area contributed by atoms with Gasteiger partial charge in [0, 0.05) is 38.6 Å². The van der Waals surface area contributed by atoms with Gasteiger partial charge >= 0.3 is 0 Å². The highest BCUT2D eigenvalue weighted by atomic mass is 32.2. The van der Waals surface area contributed by atoms with Crippen molar-refractivity contribution >= 4 is 15.8 Å². The molecule has 1 aromatic rings. The van der Waals surface area contributed by atoms with Gasteiger partial charge in [0.05, 0.1) is 4.90 Å². The van der Waals surface area contributed by atoms with Crippen LogP contribution in [0.2, 0.25) is 0 Å². The second-order valence-electron chi connectivity index (χ2n) is 5.18. The topological polar surface area (TPSA) is 80.3 Å². The lowest BCUT2D eigenvalue weighted by Gasteiger charge is -2.08. The number of rotatable bonds is 10. The quantitative estimate of drug-likeness (QED) is 0.641. The van der Waals surface area contributed by atoms with Gasteiger partial charge in [0.15, 0.2) is 0 Å². The second kappa shape index (κ2) is 7.72. The number of nitrogens with zero attached hydrogens (tertiary/aromatic N) is 1. The molecule has 0 aliphatic heterocycles. The lowest BCUT2D eigenvalue weighted by Crippen LogP contribution is -2.25. The number of nitrogens with one attached hydrogen (secondary N) is 2. The average molecular weight is 313 g/mol. The number of sulfonamides is 1. The van der Waals surface area contributed by atoms with Gasteiger partial charge in [-0.2, -0.15) is 0 Å². The maximum absolute atomic E-state index is 12.1. The summed E-state index contributed by atoms with van der Waals surface area (Å²) in [5.74, 6) is 1.30. The Hall–Kier alpha value is -1.18. The lowest BCUT2D eigenvalue weighted by atomic mass is 10.4. The number of anilines is 1. The molecule has 6 nitrogen and oxygen atoms in total. The van der Waals surface area contributed by atoms with E-state index in [9.17, 15) is 8.42 Å². The van der Waals surface area contributed by atoms with Crippen LogP contribution in [0.1, 0.15) is 26.2 Å². The third-order valence-electron chi connectivity index (χ3n) is 3.21. The SMILES string of the molecule is CCNc1cc(S(=O)(=O)NCCCOCC2CC2)ccn1. The predicted molar refractivity (Wildman–Crippen MR) is 81.7 cm³/mol. The molecule has 21 heavy (non-hydrogen) atoms. The molecule has 1 aliphatic rings. The maximum atomic E-state index is 12.1. The zero-order valence-corrected chi connectivity index (χ0v) is 13.2. The van der Waals surface area contributed by atoms with E-state index in [2.05, 4.69) is 15.0 Å². The fourth-order valence-electron chi connectivity index (χ4n) is 1.85. The number of hydrogen-bond acceptors (Lipinski definition) is 5. The van der Waals surface area contributed by atoms with Gasteiger partial charge in [0.25, 0.3) is 0 Å². The predicted octanol–water partition coefficient (Wildman–Crippen LogP) is 1.61. The summed E-state index contributed by atoms with van der Waals surface area (Å²) >= 11 is 0. The number of pyridine rings is 1. The zero-order chi connectivity index (χ0) is 15.1. The van der Waals surface area contributed by atoms with Gasteiger partial charge in [0.2, 0.25) is 10.0 Å². The van der Waals surface area contributed by atoms with Gasteiger partial charge in [-0.1, -0.05) is 0 Å². The van der Waals surface area contributed by atoms with Gasteiger partial charge < -0.3 is 10.1 Å². The molecule has 0 spiro atoms. The summed E-state index contributed by atoms with van der Waals surface area (Å²) in [6.45, 7) is 4.41. The number of ether oxygens (including phenoxy) is 1. The summed E-state index contributed by atoms with van der Waals surface area (Å²) in [5.41, 5.74) is 0. The van der Waals surface area contributed by atoms with E-state index < -0.39 is 10.0 Å². The first-order valence-corrected chi connectivity index (χ1v) is 8.87. The summed E-state index contributed by atoms with van der Waals surface area (Å²) in [5, 5.41) is 3.00. The van der Waals surface area contributed by atoms with E-state index in [0.29, 0.717) is 31.9 Å². The molecule has 0 radical (unpaired) electrons. The van der Waals surface area contributed by atoms with Crippen molar-refractivity contribution in [3.63, 3.8) is 0 Å². The van der Waals surface area contributed by atoms with Crippen molar-refractivity contribution in [3.8, 4) is 0 Å². The summed E-state index contributed by atoms with van der Waals surface area (Å²) in [6, 6.07) is 3.03. The van der Waals surface area contributed by atoms with Gasteiger partial charge in [-0.25, -0.2) is 18.1 Å². The molecular weight excluding hydrogens is 290 g/mol. The van der Waals surface area contributed by atoms with Crippen molar-refractivity contribution in [3.05, 3.63) is 18.3 Å². The van der Waals surface area contributed by atoms with Crippen LogP contribution >= 0.6 is 0 Å². The van der Waals surface area contributed by atoms with E-state index in [1.165, 1.54) is 31.2 Å². The van der Waals surface area contributed by atoms with Crippen LogP contribution in [-0.4, -0.2) is 39.7 Å². The van der Waals surface area contributed by atoms with Crippen molar-refractivity contribution in [1.29, 1.82) is 0 Å². The molecule has 118 valence electrons. The lowest BCUT2D eigenvalue weighted by molar-refractivity contribution is 0.123. The van der Waals surface area contributed by atoms with Gasteiger partial charge in [0.1, 0.15) is 5.82 Å². The van der Waals surface area contributed by atoms with Crippen molar-refractivity contribution in [2.75, 3.05) is 31.6 Å². The summed E-state index contributed by atoms with van der Waals surface area (Å²) < 4.78 is 32.3. The Morgan fingerprint density at radius 2 is 2.24 bits per heavy atom. The largest absolute Gasteiger partial charge is 0.381 e. The van der Waals surface area contributed by atoms with Crippen molar-refractivity contribution in [1.82, 2.24) is 9.71 Å². The van der Waals surface area contributed by atoms with Crippen molar-refractivity contribution in [2.24, 2.45) is 5.92 Å². The van der Waals surface area contributed by atoms with Crippen LogP contribution in [0.15, 0.2) is 23.2 Å². The third kappa shape index (κ3) is 5.61. The Kier molecular flexibility index (Phi) is 5.96. The van der Waals surface area contributed by atoms with Crippen LogP contribution < -0.4 is 10.0 Å². The third-order valence-corrected chi connectivity index (χ3v) is 4.67. The summed E-state index contributed by atoms with van der Waals surface area (Å²) in [7, 11) is -3.48. The molecule has 2 N–H and O–H groups in total. The highest BCUT2D eigenvalue weighted by molar-refractivity contribution is 7.89. The molecule has 1 heterocycles. The van der Waals surface area contributed by atoms with Crippen LogP contribution in [0.3, 0.4) is 0 Å². The van der Waals surface area contributed by atoms with Crippen LogP contribution in [0, 0.1) is 5.92 Å². The molecule has 0 atom stereocenters. The fraction of sp³-hybridized carbons (Fsp3) is 0.643. The average Bonchev–Trinajstić information content (AvgIpc) is 3.27. The summed E-state index contributed by atoms with van der Waals surface area (Å²) in [6.07, 6.45) is 4.70. The zero-order valence-electron chi connectivity index (χ0n) is 12.3. The Morgan fingerprint density at radius 3 is 2.95 bits per heavy atom. The smallest absolute Gasteiger partial charge is 0.240 e. The monoisotopic (exact) mass is 313 g/mol. The van der Waals surface area contributed by atoms with Gasteiger partial charge in [-0.3, -0.25) is 0 Å². The van der Waals surface area contributed by atoms with Crippen LogP contribution in [0.25, 0.3) is 0 Å². The molecule has 1 saturated carbocycles. The number of hydrogen-bond donors (Lipinski definition) is 2. The molecule has 0 aromatic carbocycles. The van der Waals surface area contributed by atoms with Crippen LogP contribution in [-0.2, 0) is 14.8 Å². The van der Waals surface area contributed by atoms with Gasteiger partial charge in [-0.15, -0.1) is 0 Å². The molecule has 2 rings (SSSR count). The van der Waals surface area contributed by atoms with E-state index >= 15 is 0 Å². The molecule has 7 heteroatoms. The first kappa shape index (κ1) is 16.2. The molecule has 0 bridgehead atoms. The van der Waals surface area contributed by atoms with E-state index in [0.717, 1.165) is 12.5 Å². The molecule has 1 aromatic heterocycles. The van der Waals surface area contributed by atoms with E-state index in [1.54, 1.807) is 0 Å². The highest BCUT2D eigenvalue weighted by Gasteiger charge is 2.21. The standard InChI is InChI=1S/C14H23N3O3S/c1-2-15-14-10-13(6-8-16-14)21(18,19)17-7-3-9-20-11-12-4-5-12/h6,8,10,12,17H,2-5,7,9,11H2,1H3,(H,15,16). The Labute approximate surface area is 126 Å². The van der Waals surface area contributed by atoms with Crippen LogP contribution in [0.4, 0.5) is 5.82 Å². The van der Waals surface area contributed by atoms with Crippen LogP contribution in [0.5, 0.6) is 0 Å². The molecule has 1 aliphatic carbocycles. The Balaban J connectivity index is 1.75. The Bertz CT molecular complexity index is 544. The molecular formula is C14H23N3O3S. The minimum Gasteiger partial charge on any atom is -0.381 e. The first-order chi connectivity index (χ1) is 10.1. The van der Waals surface area contributed by atoms with Crippen molar-refractivity contribution in [2.45, 2.75) is 31.1 Å². The van der Waals surface area contributed by atoms with Gasteiger partial charge in [-0.05, 0) is 38.2 Å². The van der Waals surface area contributed by atoms with E-state index in [-0.39, 0.29) is 4.90 Å². The molecule has 0 unspecified atom stereocenters. The van der Waals surface area contributed by atoms with E-state index in [1.807, 2.05) is 6.92 Å². The highest BCUT2D eigenvalue weighted by Crippen LogP contribution is 2.28. The maximum Gasteiger partial charge on any atom is 0.240 e. The fourth-order valence-corrected chi connectivity index (χ4v) is 2.94. The summed E-state index contributed by atoms with van der Waals surface area (Å²) in [4.78, 5) is 4.29. The minimum atomic E-state index is -3.48.